The van der Waals surface area contributed by atoms with E-state index in [0.717, 1.165) is 28.3 Å². The standard InChI is InChI=1S/C22H24N4O7S/c1-4-32-20(29)17-18(23-13-26(17)22(30)33-5-2)24-21-25(12-14-9-7-6-8-10-14)19(28)15(34-21)11-16(27)31-3/h6-11,23H,4-5,12-13H2,1-3H3. The Kier molecular flexibility index (Phi) is 8.30. The summed E-state index contributed by atoms with van der Waals surface area (Å²) in [5.74, 6) is -1.86. The molecule has 0 spiro atoms. The van der Waals surface area contributed by atoms with Gasteiger partial charge in [0.1, 0.15) is 6.67 Å². The van der Waals surface area contributed by atoms with E-state index >= 15 is 0 Å². The van der Waals surface area contributed by atoms with Gasteiger partial charge in [0.25, 0.3) is 5.91 Å². The van der Waals surface area contributed by atoms with E-state index in [4.69, 9.17) is 9.47 Å². The van der Waals surface area contributed by atoms with Crippen molar-refractivity contribution in [3.8, 4) is 0 Å². The van der Waals surface area contributed by atoms with Crippen molar-refractivity contribution in [1.29, 1.82) is 0 Å². The molecule has 0 atom stereocenters. The van der Waals surface area contributed by atoms with Crippen LogP contribution in [0, 0.1) is 0 Å². The fourth-order valence-corrected chi connectivity index (χ4v) is 4.00. The third-order valence-corrected chi connectivity index (χ3v) is 5.59. The van der Waals surface area contributed by atoms with Crippen LogP contribution in [0.15, 0.2) is 57.8 Å². The van der Waals surface area contributed by atoms with Gasteiger partial charge in [-0.25, -0.2) is 24.3 Å². The number of amidine groups is 1. The first-order chi connectivity index (χ1) is 16.4. The first-order valence-electron chi connectivity index (χ1n) is 10.4. The van der Waals surface area contributed by atoms with Gasteiger partial charge in [0.15, 0.2) is 16.7 Å². The Balaban J connectivity index is 2.04. The van der Waals surface area contributed by atoms with Crippen LogP contribution in [0.1, 0.15) is 19.4 Å². The highest BCUT2D eigenvalue weighted by Crippen LogP contribution is 2.33. The molecule has 1 N–H and O–H groups in total. The number of rotatable bonds is 7. The van der Waals surface area contributed by atoms with Gasteiger partial charge in [-0.05, 0) is 31.2 Å². The van der Waals surface area contributed by atoms with Crippen LogP contribution in [0.2, 0.25) is 0 Å². The monoisotopic (exact) mass is 488 g/mol. The number of hydrogen-bond acceptors (Lipinski definition) is 10. The molecule has 0 aliphatic carbocycles. The minimum Gasteiger partial charge on any atom is -0.466 e. The molecule has 0 aromatic heterocycles. The van der Waals surface area contributed by atoms with E-state index in [-0.39, 0.29) is 48.0 Å². The van der Waals surface area contributed by atoms with Gasteiger partial charge in [-0.2, -0.15) is 0 Å². The molecule has 2 aliphatic rings. The molecule has 180 valence electrons. The van der Waals surface area contributed by atoms with Gasteiger partial charge in [-0.3, -0.25) is 9.69 Å². The highest BCUT2D eigenvalue weighted by molar-refractivity contribution is 8.18. The summed E-state index contributed by atoms with van der Waals surface area (Å²) in [6.45, 7) is 3.59. The number of nitrogens with zero attached hydrogens (tertiary/aromatic N) is 3. The van der Waals surface area contributed by atoms with Crippen LogP contribution in [0.25, 0.3) is 0 Å². The SMILES string of the molecule is CCOC(=O)C1=C(N=C2SC(=CC(=O)OC)C(=O)N2Cc2ccccc2)NCN1C(=O)OCC. The molecule has 2 aliphatic heterocycles. The van der Waals surface area contributed by atoms with Crippen LogP contribution in [-0.4, -0.2) is 65.9 Å². The predicted octanol–water partition coefficient (Wildman–Crippen LogP) is 1.93. The first kappa shape index (κ1) is 24.8. The summed E-state index contributed by atoms with van der Waals surface area (Å²) in [5, 5.41) is 3.09. The Morgan fingerprint density at radius 3 is 2.50 bits per heavy atom. The molecule has 1 fully saturated rings. The van der Waals surface area contributed by atoms with Crippen molar-refractivity contribution in [3.63, 3.8) is 0 Å². The number of benzene rings is 1. The molecule has 12 heteroatoms. The van der Waals surface area contributed by atoms with Gasteiger partial charge < -0.3 is 19.5 Å². The number of aliphatic imine (C=N–C) groups is 1. The van der Waals surface area contributed by atoms with E-state index in [1.807, 2.05) is 30.3 Å². The van der Waals surface area contributed by atoms with Crippen molar-refractivity contribution in [2.24, 2.45) is 4.99 Å². The van der Waals surface area contributed by atoms with E-state index < -0.39 is 23.9 Å². The van der Waals surface area contributed by atoms with Crippen LogP contribution in [0.5, 0.6) is 0 Å². The Morgan fingerprint density at radius 1 is 1.15 bits per heavy atom. The molecule has 34 heavy (non-hydrogen) atoms. The van der Waals surface area contributed by atoms with Crippen LogP contribution in [0.3, 0.4) is 0 Å². The van der Waals surface area contributed by atoms with Gasteiger partial charge in [-0.1, -0.05) is 30.3 Å². The fourth-order valence-electron chi connectivity index (χ4n) is 3.06. The summed E-state index contributed by atoms with van der Waals surface area (Å²) in [6.07, 6.45) is 0.344. The second-order valence-electron chi connectivity index (χ2n) is 6.78. The lowest BCUT2D eigenvalue weighted by molar-refractivity contribution is -0.140. The summed E-state index contributed by atoms with van der Waals surface area (Å²) in [4.78, 5) is 56.8. The number of nitrogens with one attached hydrogen (secondary N) is 1. The number of carbonyl (C=O) groups is 4. The summed E-state index contributed by atoms with van der Waals surface area (Å²) < 4.78 is 14.8. The molecule has 1 aromatic rings. The van der Waals surface area contributed by atoms with Crippen LogP contribution < -0.4 is 5.32 Å². The van der Waals surface area contributed by atoms with E-state index in [1.165, 1.54) is 12.0 Å². The quantitative estimate of drug-likeness (QED) is 0.348. The molecule has 0 bridgehead atoms. The predicted molar refractivity (Wildman–Crippen MR) is 123 cm³/mol. The van der Waals surface area contributed by atoms with Crippen LogP contribution >= 0.6 is 11.8 Å². The molecule has 0 radical (unpaired) electrons. The van der Waals surface area contributed by atoms with Crippen molar-refractivity contribution in [2.45, 2.75) is 20.4 Å². The van der Waals surface area contributed by atoms with Gasteiger partial charge >= 0.3 is 18.0 Å². The molecule has 0 saturated carbocycles. The zero-order valence-electron chi connectivity index (χ0n) is 18.9. The van der Waals surface area contributed by atoms with Gasteiger partial charge in [0.2, 0.25) is 0 Å². The van der Waals surface area contributed by atoms with E-state index in [2.05, 4.69) is 15.0 Å². The highest BCUT2D eigenvalue weighted by atomic mass is 32.2. The zero-order valence-corrected chi connectivity index (χ0v) is 19.7. The Bertz CT molecular complexity index is 1070. The van der Waals surface area contributed by atoms with E-state index in [1.54, 1.807) is 13.8 Å². The van der Waals surface area contributed by atoms with Gasteiger partial charge in [0, 0.05) is 6.08 Å². The molecule has 0 unspecified atom stereocenters. The number of hydrogen-bond donors (Lipinski definition) is 1. The molecule has 2 amide bonds. The Hall–Kier alpha value is -3.80. The number of thioether (sulfide) groups is 1. The van der Waals surface area contributed by atoms with Crippen molar-refractivity contribution in [3.05, 3.63) is 58.4 Å². The highest BCUT2D eigenvalue weighted by Gasteiger charge is 2.38. The Morgan fingerprint density at radius 2 is 1.85 bits per heavy atom. The largest absolute Gasteiger partial charge is 0.466 e. The lowest BCUT2D eigenvalue weighted by Crippen LogP contribution is -2.34. The summed E-state index contributed by atoms with van der Waals surface area (Å²) >= 11 is 0.949. The normalized spacial score (nSPS) is 17.9. The zero-order chi connectivity index (χ0) is 24.7. The van der Waals surface area contributed by atoms with E-state index in [0.29, 0.717) is 0 Å². The van der Waals surface area contributed by atoms with Gasteiger partial charge in [-0.15, -0.1) is 0 Å². The minimum absolute atomic E-state index is 0.0409. The topological polar surface area (TPSA) is 127 Å². The van der Waals surface area contributed by atoms with Crippen molar-refractivity contribution >= 4 is 40.9 Å². The maximum absolute atomic E-state index is 13.1. The van der Waals surface area contributed by atoms with Crippen LogP contribution in [0.4, 0.5) is 4.79 Å². The van der Waals surface area contributed by atoms with Crippen molar-refractivity contribution in [1.82, 2.24) is 15.1 Å². The molecule has 3 rings (SSSR count). The van der Waals surface area contributed by atoms with E-state index in [9.17, 15) is 19.2 Å². The smallest absolute Gasteiger partial charge is 0.416 e. The lowest BCUT2D eigenvalue weighted by atomic mass is 10.2. The Labute approximate surface area is 200 Å². The molecule has 2 heterocycles. The van der Waals surface area contributed by atoms with Crippen LogP contribution in [-0.2, 0) is 35.1 Å². The minimum atomic E-state index is -0.769. The summed E-state index contributed by atoms with van der Waals surface area (Å²) in [6, 6.07) is 9.21. The third-order valence-electron chi connectivity index (χ3n) is 4.58. The average Bonchev–Trinajstić information content (AvgIpc) is 3.37. The number of carbonyl (C=O) groups excluding carboxylic acids is 4. The maximum atomic E-state index is 13.1. The molecular weight excluding hydrogens is 464 g/mol. The average molecular weight is 489 g/mol. The number of amides is 2. The summed E-state index contributed by atoms with van der Waals surface area (Å²) in [5.41, 5.74) is 0.696. The lowest BCUT2D eigenvalue weighted by Gasteiger charge is -2.17. The van der Waals surface area contributed by atoms with Crippen molar-refractivity contribution < 1.29 is 33.4 Å². The first-order valence-corrected chi connectivity index (χ1v) is 11.2. The fraction of sp³-hybridized carbons (Fsp3) is 0.318. The molecular formula is C22H24N4O7S. The van der Waals surface area contributed by atoms with Crippen molar-refractivity contribution in [2.75, 3.05) is 27.0 Å². The third kappa shape index (κ3) is 5.57. The number of esters is 2. The maximum Gasteiger partial charge on any atom is 0.416 e. The number of ether oxygens (including phenoxy) is 3. The molecule has 1 saturated heterocycles. The van der Waals surface area contributed by atoms with Gasteiger partial charge in [0.05, 0.1) is 31.8 Å². The molecule has 1 aromatic carbocycles. The summed E-state index contributed by atoms with van der Waals surface area (Å²) in [7, 11) is 1.21. The molecule has 11 nitrogen and oxygen atoms in total. The second-order valence-corrected chi connectivity index (χ2v) is 7.79. The number of methoxy groups -OCH3 is 1. The second kappa shape index (κ2) is 11.4.